The summed E-state index contributed by atoms with van der Waals surface area (Å²) >= 11 is 0. The number of quaternary nitrogens is 1. The molecule has 0 heterocycles. The van der Waals surface area contributed by atoms with Crippen molar-refractivity contribution in [3.63, 3.8) is 0 Å². The van der Waals surface area contributed by atoms with Gasteiger partial charge in [-0.25, -0.2) is 0 Å². The van der Waals surface area contributed by atoms with Crippen molar-refractivity contribution in [1.29, 1.82) is 0 Å². The summed E-state index contributed by atoms with van der Waals surface area (Å²) < 4.78 is 17.5. The van der Waals surface area contributed by atoms with Gasteiger partial charge in [-0.3, -0.25) is 0 Å². The summed E-state index contributed by atoms with van der Waals surface area (Å²) in [6, 6.07) is 28.2. The van der Waals surface area contributed by atoms with Crippen LogP contribution in [-0.4, -0.2) is 37.1 Å². The SMILES string of the molecule is CCCC[N+](CCCC)(CCCC)CCCC.F[B-](c1ccccc1)(c1ccccc1)c1ccccc1. The maximum absolute atomic E-state index is 16.1. The maximum Gasteiger partial charge on any atom is 0.234 e. The maximum atomic E-state index is 16.1. The lowest BCUT2D eigenvalue weighted by Crippen LogP contribution is -2.63. The van der Waals surface area contributed by atoms with E-state index in [4.69, 9.17) is 0 Å². The summed E-state index contributed by atoms with van der Waals surface area (Å²) in [4.78, 5) is 0. The van der Waals surface area contributed by atoms with Gasteiger partial charge in [0.05, 0.1) is 26.2 Å². The highest BCUT2D eigenvalue weighted by Crippen LogP contribution is 2.16. The zero-order chi connectivity index (χ0) is 26.8. The van der Waals surface area contributed by atoms with E-state index in [0.717, 1.165) is 0 Å². The summed E-state index contributed by atoms with van der Waals surface area (Å²) in [5.41, 5.74) is 2.14. The summed E-state index contributed by atoms with van der Waals surface area (Å²) in [5.74, 6) is 0. The van der Waals surface area contributed by atoms with Crippen LogP contribution in [0.3, 0.4) is 0 Å². The van der Waals surface area contributed by atoms with Crippen LogP contribution in [0.15, 0.2) is 91.0 Å². The fourth-order valence-corrected chi connectivity index (χ4v) is 5.38. The van der Waals surface area contributed by atoms with Crippen LogP contribution < -0.4 is 16.4 Å². The van der Waals surface area contributed by atoms with Gasteiger partial charge < -0.3 is 8.80 Å². The number of nitrogens with zero attached hydrogens (tertiary/aromatic N) is 1. The zero-order valence-corrected chi connectivity index (χ0v) is 24.0. The number of hydrogen-bond acceptors (Lipinski definition) is 0. The number of unbranched alkanes of at least 4 members (excludes halogenated alkanes) is 4. The number of benzene rings is 3. The van der Waals surface area contributed by atoms with Crippen LogP contribution in [0.4, 0.5) is 4.32 Å². The van der Waals surface area contributed by atoms with E-state index in [9.17, 15) is 0 Å². The Morgan fingerprint density at radius 2 is 0.703 bits per heavy atom. The van der Waals surface area contributed by atoms with Gasteiger partial charge in [-0.15, -0.1) is 0 Å². The first kappa shape index (κ1) is 30.8. The van der Waals surface area contributed by atoms with E-state index in [1.807, 2.05) is 91.0 Å². The fraction of sp³-hybridized carbons (Fsp3) is 0.471. The van der Waals surface area contributed by atoms with Crippen molar-refractivity contribution >= 4 is 22.8 Å². The molecule has 0 aliphatic rings. The summed E-state index contributed by atoms with van der Waals surface area (Å²) in [7, 11) is 0. The molecule has 1 nitrogen and oxygen atoms in total. The van der Waals surface area contributed by atoms with E-state index < -0.39 is 6.42 Å². The minimum Gasteiger partial charge on any atom is -0.498 e. The van der Waals surface area contributed by atoms with Gasteiger partial charge in [0.2, 0.25) is 6.42 Å². The van der Waals surface area contributed by atoms with Crippen LogP contribution in [0, 0.1) is 0 Å². The first-order chi connectivity index (χ1) is 18.1. The molecule has 0 saturated heterocycles. The van der Waals surface area contributed by atoms with Crippen molar-refractivity contribution in [3.8, 4) is 0 Å². The predicted octanol–water partition coefficient (Wildman–Crippen LogP) is 7.63. The molecule has 0 amide bonds. The quantitative estimate of drug-likeness (QED) is 0.148. The molecule has 0 saturated carbocycles. The number of rotatable bonds is 15. The third-order valence-electron chi connectivity index (χ3n) is 7.72. The average molecular weight is 504 g/mol. The third kappa shape index (κ3) is 9.45. The lowest BCUT2D eigenvalue weighted by atomic mass is 9.31. The Balaban J connectivity index is 0.000000265. The Hall–Kier alpha value is -2.39. The molecule has 3 rings (SSSR count). The third-order valence-corrected chi connectivity index (χ3v) is 7.72. The van der Waals surface area contributed by atoms with Crippen LogP contribution in [0.5, 0.6) is 0 Å². The number of hydrogen-bond donors (Lipinski definition) is 0. The van der Waals surface area contributed by atoms with Crippen molar-refractivity contribution in [2.45, 2.75) is 79.1 Å². The Bertz CT molecular complexity index is 811. The smallest absolute Gasteiger partial charge is 0.234 e. The zero-order valence-electron chi connectivity index (χ0n) is 24.0. The molecule has 37 heavy (non-hydrogen) atoms. The molecule has 0 unspecified atom stereocenters. The molecule has 0 bridgehead atoms. The van der Waals surface area contributed by atoms with E-state index in [0.29, 0.717) is 16.4 Å². The molecule has 3 aromatic carbocycles. The Morgan fingerprint density at radius 1 is 0.459 bits per heavy atom. The Morgan fingerprint density at radius 3 is 0.919 bits per heavy atom. The molecule has 0 N–H and O–H groups in total. The minimum atomic E-state index is -2.41. The second-order valence-corrected chi connectivity index (χ2v) is 10.6. The molecule has 0 aromatic heterocycles. The topological polar surface area (TPSA) is 0 Å². The summed E-state index contributed by atoms with van der Waals surface area (Å²) in [6.45, 7) is 15.0. The van der Waals surface area contributed by atoms with Crippen LogP contribution in [-0.2, 0) is 0 Å². The van der Waals surface area contributed by atoms with E-state index in [1.54, 1.807) is 0 Å². The highest BCUT2D eigenvalue weighted by Gasteiger charge is 2.29. The monoisotopic (exact) mass is 503 g/mol. The molecule has 3 aromatic rings. The lowest BCUT2D eigenvalue weighted by molar-refractivity contribution is -0.929. The van der Waals surface area contributed by atoms with E-state index in [1.165, 1.54) is 82.0 Å². The van der Waals surface area contributed by atoms with Gasteiger partial charge in [0.25, 0.3) is 0 Å². The van der Waals surface area contributed by atoms with Crippen LogP contribution in [0.25, 0.3) is 0 Å². The van der Waals surface area contributed by atoms with Gasteiger partial charge in [-0.1, -0.05) is 144 Å². The van der Waals surface area contributed by atoms with E-state index in [2.05, 4.69) is 27.7 Å². The lowest BCUT2D eigenvalue weighted by Gasteiger charge is -2.39. The van der Waals surface area contributed by atoms with Crippen molar-refractivity contribution < 1.29 is 8.80 Å². The van der Waals surface area contributed by atoms with Crippen molar-refractivity contribution in [2.75, 3.05) is 26.2 Å². The van der Waals surface area contributed by atoms with Gasteiger partial charge in [0, 0.05) is 0 Å². The molecule has 0 atom stereocenters. The van der Waals surface area contributed by atoms with Gasteiger partial charge in [-0.2, -0.15) is 16.4 Å². The van der Waals surface area contributed by atoms with Gasteiger partial charge in [0.15, 0.2) is 0 Å². The molecule has 202 valence electrons. The van der Waals surface area contributed by atoms with Crippen LogP contribution >= 0.6 is 0 Å². The molecule has 0 fully saturated rings. The molecule has 0 spiro atoms. The Kier molecular flexibility index (Phi) is 14.3. The van der Waals surface area contributed by atoms with Crippen LogP contribution in [0.1, 0.15) is 79.1 Å². The molecule has 0 aliphatic carbocycles. The van der Waals surface area contributed by atoms with Crippen molar-refractivity contribution in [3.05, 3.63) is 91.0 Å². The van der Waals surface area contributed by atoms with Gasteiger partial charge in [0.1, 0.15) is 0 Å². The Labute approximate surface area is 227 Å². The second kappa shape index (κ2) is 17.2. The van der Waals surface area contributed by atoms with Gasteiger partial charge >= 0.3 is 0 Å². The molecular formula is C34H51BFN. The number of halogens is 1. The van der Waals surface area contributed by atoms with Crippen molar-refractivity contribution in [2.24, 2.45) is 0 Å². The van der Waals surface area contributed by atoms with E-state index in [-0.39, 0.29) is 0 Å². The normalized spacial score (nSPS) is 11.6. The summed E-state index contributed by atoms with van der Waals surface area (Å²) in [5, 5.41) is 0. The fourth-order valence-electron chi connectivity index (χ4n) is 5.38. The van der Waals surface area contributed by atoms with Crippen LogP contribution in [0.2, 0.25) is 0 Å². The molecule has 0 aliphatic heterocycles. The second-order valence-electron chi connectivity index (χ2n) is 10.6. The first-order valence-corrected chi connectivity index (χ1v) is 14.9. The first-order valence-electron chi connectivity index (χ1n) is 14.9. The highest BCUT2D eigenvalue weighted by molar-refractivity contribution is 7.06. The van der Waals surface area contributed by atoms with E-state index >= 15 is 4.32 Å². The minimum absolute atomic E-state index is 0.713. The van der Waals surface area contributed by atoms with Crippen molar-refractivity contribution in [1.82, 2.24) is 0 Å². The average Bonchev–Trinajstić information content (AvgIpc) is 2.97. The highest BCUT2D eigenvalue weighted by atomic mass is 19.1. The predicted molar refractivity (Wildman–Crippen MR) is 164 cm³/mol. The largest absolute Gasteiger partial charge is 0.498 e. The molecule has 0 radical (unpaired) electrons. The molecule has 3 heteroatoms. The molecular weight excluding hydrogens is 452 g/mol. The summed E-state index contributed by atoms with van der Waals surface area (Å²) in [6.07, 6.45) is 8.65. The van der Waals surface area contributed by atoms with Gasteiger partial charge in [-0.05, 0) is 25.7 Å². The standard InChI is InChI=1S/C18H15BF.C16H36N/c20-19(16-10-4-1-5-11-16,17-12-6-2-7-13-17)18-14-8-3-9-15-18;1-5-9-13-17(14-10-6-2,15-11-7-3)16-12-8-4/h1-15H;5-16H2,1-4H3/q-1;+1.